The first-order valence-corrected chi connectivity index (χ1v) is 10.8. The van der Waals surface area contributed by atoms with E-state index >= 15 is 0 Å². The van der Waals surface area contributed by atoms with Gasteiger partial charge in [0.25, 0.3) is 0 Å². The fourth-order valence-electron chi connectivity index (χ4n) is 4.88. The summed E-state index contributed by atoms with van der Waals surface area (Å²) in [6.45, 7) is 0. The van der Waals surface area contributed by atoms with Crippen LogP contribution in [0.25, 0.3) is 11.6 Å². The van der Waals surface area contributed by atoms with Crippen molar-refractivity contribution >= 4 is 11.6 Å². The molecule has 0 fully saturated rings. The molecule has 2 atom stereocenters. The van der Waals surface area contributed by atoms with Gasteiger partial charge in [0, 0.05) is 29.5 Å². The zero-order valence-corrected chi connectivity index (χ0v) is 18.3. The van der Waals surface area contributed by atoms with Crippen molar-refractivity contribution in [2.24, 2.45) is 0 Å². The van der Waals surface area contributed by atoms with Gasteiger partial charge in [0.15, 0.2) is 11.5 Å². The molecule has 35 heavy (non-hydrogen) atoms. The second-order valence-corrected chi connectivity index (χ2v) is 8.60. The molecule has 4 aromatic carbocycles. The Morgan fingerprint density at radius 2 is 1.14 bits per heavy atom. The Labute approximate surface area is 200 Å². The Bertz CT molecular complexity index is 1450. The summed E-state index contributed by atoms with van der Waals surface area (Å²) in [7, 11) is 0. The van der Waals surface area contributed by atoms with Crippen molar-refractivity contribution in [3.8, 4) is 40.2 Å². The molecule has 176 valence electrons. The highest BCUT2D eigenvalue weighted by atomic mass is 16.3. The molecular weight excluding hydrogens is 448 g/mol. The number of rotatable bonds is 3. The van der Waals surface area contributed by atoms with Gasteiger partial charge in [-0.3, -0.25) is 0 Å². The van der Waals surface area contributed by atoms with Crippen LogP contribution in [-0.4, -0.2) is 35.7 Å². The van der Waals surface area contributed by atoms with Gasteiger partial charge in [-0.1, -0.05) is 24.3 Å². The first-order chi connectivity index (χ1) is 16.7. The second kappa shape index (κ2) is 8.22. The third-order valence-corrected chi connectivity index (χ3v) is 6.29. The normalized spacial score (nSPS) is 18.0. The zero-order valence-electron chi connectivity index (χ0n) is 18.3. The van der Waals surface area contributed by atoms with Crippen LogP contribution in [0, 0.1) is 0 Å². The molecule has 0 spiro atoms. The van der Waals surface area contributed by atoms with Gasteiger partial charge in [-0.15, -0.1) is 0 Å². The van der Waals surface area contributed by atoms with Gasteiger partial charge < -0.3 is 35.7 Å². The van der Waals surface area contributed by atoms with E-state index in [0.29, 0.717) is 27.8 Å². The number of benzene rings is 4. The molecule has 0 unspecified atom stereocenters. The van der Waals surface area contributed by atoms with Gasteiger partial charge >= 0.3 is 0 Å². The Balaban J connectivity index is 1.84. The number of allylic oxidation sites excluding steroid dienone is 1. The van der Waals surface area contributed by atoms with Crippen LogP contribution in [0.1, 0.15) is 39.7 Å². The van der Waals surface area contributed by atoms with Crippen LogP contribution in [0.4, 0.5) is 0 Å². The van der Waals surface area contributed by atoms with Crippen LogP contribution in [0.5, 0.6) is 40.2 Å². The van der Waals surface area contributed by atoms with Gasteiger partial charge in [-0.25, -0.2) is 0 Å². The molecule has 5 rings (SSSR count). The topological polar surface area (TPSA) is 142 Å². The lowest BCUT2D eigenvalue weighted by atomic mass is 9.79. The average Bonchev–Trinajstić information content (AvgIpc) is 3.11. The zero-order chi connectivity index (χ0) is 24.9. The number of aromatic hydroxyl groups is 7. The number of phenols is 7. The largest absolute Gasteiger partial charge is 0.508 e. The Morgan fingerprint density at radius 1 is 0.486 bits per heavy atom. The van der Waals surface area contributed by atoms with E-state index < -0.39 is 11.8 Å². The van der Waals surface area contributed by atoms with E-state index in [2.05, 4.69) is 0 Å². The highest BCUT2D eigenvalue weighted by Crippen LogP contribution is 2.59. The molecule has 0 radical (unpaired) electrons. The lowest BCUT2D eigenvalue weighted by Crippen LogP contribution is -2.08. The molecule has 0 amide bonds. The van der Waals surface area contributed by atoms with Crippen LogP contribution in [0.15, 0.2) is 72.8 Å². The van der Waals surface area contributed by atoms with Crippen molar-refractivity contribution in [1.82, 2.24) is 0 Å². The Morgan fingerprint density at radius 3 is 1.80 bits per heavy atom. The monoisotopic (exact) mass is 470 g/mol. The van der Waals surface area contributed by atoms with E-state index in [0.717, 1.165) is 5.56 Å². The van der Waals surface area contributed by atoms with Gasteiger partial charge in [0.1, 0.15) is 28.7 Å². The summed E-state index contributed by atoms with van der Waals surface area (Å²) in [4.78, 5) is 0. The fourth-order valence-corrected chi connectivity index (χ4v) is 4.88. The fraction of sp³-hybridized carbons (Fsp3) is 0.0714. The van der Waals surface area contributed by atoms with Crippen molar-refractivity contribution < 1.29 is 35.7 Å². The minimum absolute atomic E-state index is 0.0994. The molecule has 7 heteroatoms. The van der Waals surface area contributed by atoms with Crippen LogP contribution in [0.3, 0.4) is 0 Å². The number of fused-ring (bicyclic) bond motifs is 1. The third kappa shape index (κ3) is 3.93. The first-order valence-electron chi connectivity index (χ1n) is 10.8. The van der Waals surface area contributed by atoms with E-state index in [1.54, 1.807) is 18.2 Å². The molecule has 1 aliphatic rings. The van der Waals surface area contributed by atoms with Crippen LogP contribution in [0.2, 0.25) is 0 Å². The summed E-state index contributed by atoms with van der Waals surface area (Å²) >= 11 is 0. The smallest absolute Gasteiger partial charge is 0.157 e. The van der Waals surface area contributed by atoms with Crippen molar-refractivity contribution in [2.45, 2.75) is 11.8 Å². The maximum atomic E-state index is 10.9. The SMILES string of the molecule is Oc1ccc(/C=C2/c3cc(O)cc(O)c3[C@@H](c3cc(O)cc(O)c3)[C@@H]2c2ccc(O)c(O)c2)cc1. The average molecular weight is 470 g/mol. The second-order valence-electron chi connectivity index (χ2n) is 8.60. The molecule has 0 heterocycles. The molecule has 0 saturated carbocycles. The molecule has 0 aromatic heterocycles. The van der Waals surface area contributed by atoms with E-state index in [-0.39, 0.29) is 40.2 Å². The molecule has 0 saturated heterocycles. The van der Waals surface area contributed by atoms with E-state index in [4.69, 9.17) is 0 Å². The summed E-state index contributed by atoms with van der Waals surface area (Å²) < 4.78 is 0. The minimum Gasteiger partial charge on any atom is -0.508 e. The summed E-state index contributed by atoms with van der Waals surface area (Å²) in [5.41, 5.74) is 3.51. The lowest BCUT2D eigenvalue weighted by Gasteiger charge is -2.24. The molecule has 7 N–H and O–H groups in total. The van der Waals surface area contributed by atoms with Gasteiger partial charge in [-0.2, -0.15) is 0 Å². The lowest BCUT2D eigenvalue weighted by molar-refractivity contribution is 0.403. The summed E-state index contributed by atoms with van der Waals surface area (Å²) in [6.07, 6.45) is 1.84. The number of hydrogen-bond donors (Lipinski definition) is 7. The molecule has 7 nitrogen and oxygen atoms in total. The van der Waals surface area contributed by atoms with Crippen molar-refractivity contribution in [3.63, 3.8) is 0 Å². The van der Waals surface area contributed by atoms with Crippen LogP contribution >= 0.6 is 0 Å². The van der Waals surface area contributed by atoms with E-state index in [9.17, 15) is 35.7 Å². The maximum absolute atomic E-state index is 10.9. The maximum Gasteiger partial charge on any atom is 0.157 e. The summed E-state index contributed by atoms with van der Waals surface area (Å²) in [5.74, 6) is -2.35. The van der Waals surface area contributed by atoms with Gasteiger partial charge in [0.05, 0.1) is 0 Å². The highest BCUT2D eigenvalue weighted by molar-refractivity contribution is 5.93. The molecule has 0 bridgehead atoms. The summed E-state index contributed by atoms with van der Waals surface area (Å²) in [5, 5.41) is 71.5. The van der Waals surface area contributed by atoms with Gasteiger partial charge in [0.2, 0.25) is 0 Å². The van der Waals surface area contributed by atoms with Crippen LogP contribution in [-0.2, 0) is 0 Å². The predicted octanol–water partition coefficient (Wildman–Crippen LogP) is 5.10. The van der Waals surface area contributed by atoms with Crippen molar-refractivity contribution in [3.05, 3.63) is 101 Å². The minimum atomic E-state index is -0.629. The first kappa shape index (κ1) is 22.0. The standard InChI is InChI=1S/C28H22O7/c29-17-4-1-14(2-5-17)7-21-22-12-20(32)13-25(35)28(22)27(16-8-18(30)11-19(31)9-16)26(21)15-3-6-23(33)24(34)10-15/h1-13,26-27,29-35H/b21-7-/t26-,27+/m1/s1. The molecule has 1 aliphatic carbocycles. The Kier molecular flexibility index (Phi) is 5.17. The summed E-state index contributed by atoms with van der Waals surface area (Å²) in [6, 6.07) is 17.8. The van der Waals surface area contributed by atoms with Crippen LogP contribution < -0.4 is 0 Å². The van der Waals surface area contributed by atoms with E-state index in [1.807, 2.05) is 6.08 Å². The molecule has 4 aromatic rings. The van der Waals surface area contributed by atoms with Crippen molar-refractivity contribution in [2.75, 3.05) is 0 Å². The van der Waals surface area contributed by atoms with Gasteiger partial charge in [-0.05, 0) is 70.3 Å². The van der Waals surface area contributed by atoms with Crippen molar-refractivity contribution in [1.29, 1.82) is 0 Å². The third-order valence-electron chi connectivity index (χ3n) is 6.29. The number of phenolic OH excluding ortho intramolecular Hbond substituents is 7. The Hall–Kier alpha value is -4.78. The predicted molar refractivity (Wildman–Crippen MR) is 130 cm³/mol. The van der Waals surface area contributed by atoms with E-state index in [1.165, 1.54) is 54.6 Å². The molecular formula is C28H22O7. The number of hydrogen-bond acceptors (Lipinski definition) is 7. The molecule has 0 aliphatic heterocycles. The highest BCUT2D eigenvalue weighted by Gasteiger charge is 2.41. The quantitative estimate of drug-likeness (QED) is 0.207.